The van der Waals surface area contributed by atoms with Gasteiger partial charge in [0, 0.05) is 24.9 Å². The second-order valence-corrected chi connectivity index (χ2v) is 4.69. The Labute approximate surface area is 114 Å². The van der Waals surface area contributed by atoms with E-state index in [4.69, 9.17) is 9.47 Å². The molecular formula is C15H21NO3. The smallest absolute Gasteiger partial charge is 0.338 e. The van der Waals surface area contributed by atoms with Crippen LogP contribution in [0.25, 0.3) is 0 Å². The summed E-state index contributed by atoms with van der Waals surface area (Å²) in [7, 11) is 0. The third-order valence-corrected chi connectivity index (χ3v) is 3.20. The van der Waals surface area contributed by atoms with Crippen LogP contribution in [0, 0.1) is 0 Å². The van der Waals surface area contributed by atoms with Crippen LogP contribution in [0.15, 0.2) is 24.3 Å². The van der Waals surface area contributed by atoms with E-state index in [1.165, 1.54) is 0 Å². The molecule has 0 bridgehead atoms. The van der Waals surface area contributed by atoms with Crippen molar-refractivity contribution in [2.75, 3.05) is 25.1 Å². The molecule has 0 aromatic heterocycles. The minimum absolute atomic E-state index is 0.268. The average molecular weight is 263 g/mol. The normalized spacial score (nSPS) is 19.5. The number of hydrogen-bond acceptors (Lipinski definition) is 4. The summed E-state index contributed by atoms with van der Waals surface area (Å²) in [5.74, 6) is -0.268. The molecule has 1 aromatic rings. The van der Waals surface area contributed by atoms with E-state index in [1.807, 2.05) is 25.1 Å². The molecular weight excluding hydrogens is 242 g/mol. The lowest BCUT2D eigenvalue weighted by molar-refractivity contribution is 0.0526. The minimum Gasteiger partial charge on any atom is -0.462 e. The van der Waals surface area contributed by atoms with Gasteiger partial charge in [-0.25, -0.2) is 4.79 Å². The Balaban J connectivity index is 1.99. The number of anilines is 1. The Kier molecular flexibility index (Phi) is 5.21. The van der Waals surface area contributed by atoms with E-state index in [-0.39, 0.29) is 5.97 Å². The number of ether oxygens (including phenoxy) is 2. The fraction of sp³-hybridized carbons (Fsp3) is 0.533. The van der Waals surface area contributed by atoms with Gasteiger partial charge in [0.2, 0.25) is 0 Å². The summed E-state index contributed by atoms with van der Waals surface area (Å²) in [6.45, 7) is 3.86. The maximum Gasteiger partial charge on any atom is 0.338 e. The molecule has 0 amide bonds. The van der Waals surface area contributed by atoms with Gasteiger partial charge in [-0.15, -0.1) is 0 Å². The summed E-state index contributed by atoms with van der Waals surface area (Å²) in [5.41, 5.74) is 1.56. The molecule has 1 aliphatic heterocycles. The van der Waals surface area contributed by atoms with Crippen molar-refractivity contribution in [1.29, 1.82) is 0 Å². The quantitative estimate of drug-likeness (QED) is 0.849. The Morgan fingerprint density at radius 1 is 1.42 bits per heavy atom. The van der Waals surface area contributed by atoms with Crippen LogP contribution >= 0.6 is 0 Å². The fourth-order valence-electron chi connectivity index (χ4n) is 2.23. The zero-order valence-electron chi connectivity index (χ0n) is 11.4. The van der Waals surface area contributed by atoms with Crippen molar-refractivity contribution in [2.24, 2.45) is 0 Å². The lowest BCUT2D eigenvalue weighted by Crippen LogP contribution is -2.19. The monoisotopic (exact) mass is 263 g/mol. The number of hydrogen-bond donors (Lipinski definition) is 1. The highest BCUT2D eigenvalue weighted by molar-refractivity contribution is 5.90. The van der Waals surface area contributed by atoms with Crippen molar-refractivity contribution in [1.82, 2.24) is 0 Å². The first-order valence-corrected chi connectivity index (χ1v) is 6.91. The molecule has 4 nitrogen and oxygen atoms in total. The zero-order chi connectivity index (χ0) is 13.5. The highest BCUT2D eigenvalue weighted by Gasteiger charge is 2.13. The highest BCUT2D eigenvalue weighted by Crippen LogP contribution is 2.17. The van der Waals surface area contributed by atoms with E-state index < -0.39 is 0 Å². The average Bonchev–Trinajstić information content (AvgIpc) is 2.68. The fourth-order valence-corrected chi connectivity index (χ4v) is 2.23. The number of carbonyl (C=O) groups is 1. The van der Waals surface area contributed by atoms with Crippen LogP contribution in [-0.4, -0.2) is 31.8 Å². The summed E-state index contributed by atoms with van der Waals surface area (Å²) in [5, 5.41) is 3.47. The van der Waals surface area contributed by atoms with Crippen LogP contribution in [0.4, 0.5) is 5.69 Å². The number of nitrogens with one attached hydrogen (secondary N) is 1. The summed E-state index contributed by atoms with van der Waals surface area (Å²) in [6.07, 6.45) is 3.18. The standard InChI is InChI=1S/C15H21NO3/c1-2-19-15(17)12-5-3-6-14(11-12)16-13-7-4-9-18-10-8-13/h3,5-6,11,13,16H,2,4,7-10H2,1H3. The van der Waals surface area contributed by atoms with Crippen LogP contribution in [0.5, 0.6) is 0 Å². The molecule has 1 fully saturated rings. The number of benzene rings is 1. The molecule has 104 valence electrons. The topological polar surface area (TPSA) is 47.6 Å². The van der Waals surface area contributed by atoms with Gasteiger partial charge in [0.25, 0.3) is 0 Å². The van der Waals surface area contributed by atoms with Crippen molar-refractivity contribution in [3.63, 3.8) is 0 Å². The SMILES string of the molecule is CCOC(=O)c1cccc(NC2CCCOCC2)c1. The first-order chi connectivity index (χ1) is 9.29. The maximum absolute atomic E-state index is 11.7. The summed E-state index contributed by atoms with van der Waals surface area (Å²) < 4.78 is 10.4. The molecule has 1 aliphatic rings. The summed E-state index contributed by atoms with van der Waals surface area (Å²) in [4.78, 5) is 11.7. The molecule has 0 radical (unpaired) electrons. The molecule has 2 rings (SSSR count). The van der Waals surface area contributed by atoms with Crippen LogP contribution in [0.1, 0.15) is 36.5 Å². The van der Waals surface area contributed by atoms with Gasteiger partial charge in [-0.3, -0.25) is 0 Å². The van der Waals surface area contributed by atoms with Crippen molar-refractivity contribution >= 4 is 11.7 Å². The predicted octanol–water partition coefficient (Wildman–Crippen LogP) is 2.84. The van der Waals surface area contributed by atoms with E-state index in [0.717, 1.165) is 38.2 Å². The Morgan fingerprint density at radius 3 is 3.16 bits per heavy atom. The number of rotatable bonds is 4. The van der Waals surface area contributed by atoms with E-state index in [1.54, 1.807) is 6.07 Å². The van der Waals surface area contributed by atoms with Gasteiger partial charge in [0.15, 0.2) is 0 Å². The molecule has 1 N–H and O–H groups in total. The predicted molar refractivity (Wildman–Crippen MR) is 74.5 cm³/mol. The van der Waals surface area contributed by atoms with Gasteiger partial charge in [-0.1, -0.05) is 6.07 Å². The Bertz CT molecular complexity index is 412. The lowest BCUT2D eigenvalue weighted by Gasteiger charge is -2.17. The Morgan fingerprint density at radius 2 is 2.32 bits per heavy atom. The molecule has 1 aromatic carbocycles. The molecule has 0 saturated carbocycles. The molecule has 1 atom stereocenters. The first kappa shape index (κ1) is 13.9. The zero-order valence-corrected chi connectivity index (χ0v) is 11.4. The van der Waals surface area contributed by atoms with Crippen LogP contribution in [-0.2, 0) is 9.47 Å². The van der Waals surface area contributed by atoms with E-state index in [2.05, 4.69) is 5.32 Å². The first-order valence-electron chi connectivity index (χ1n) is 6.91. The van der Waals surface area contributed by atoms with E-state index in [9.17, 15) is 4.79 Å². The summed E-state index contributed by atoms with van der Waals surface area (Å²) in [6, 6.07) is 7.90. The molecule has 19 heavy (non-hydrogen) atoms. The van der Waals surface area contributed by atoms with Crippen molar-refractivity contribution < 1.29 is 14.3 Å². The third-order valence-electron chi connectivity index (χ3n) is 3.20. The van der Waals surface area contributed by atoms with E-state index >= 15 is 0 Å². The largest absolute Gasteiger partial charge is 0.462 e. The van der Waals surface area contributed by atoms with Crippen molar-refractivity contribution in [3.8, 4) is 0 Å². The summed E-state index contributed by atoms with van der Waals surface area (Å²) >= 11 is 0. The van der Waals surface area contributed by atoms with Crippen molar-refractivity contribution in [2.45, 2.75) is 32.2 Å². The molecule has 1 saturated heterocycles. The van der Waals surface area contributed by atoms with Gasteiger partial charge >= 0.3 is 5.97 Å². The van der Waals surface area contributed by atoms with Crippen LogP contribution in [0.3, 0.4) is 0 Å². The van der Waals surface area contributed by atoms with Gasteiger partial charge in [0.1, 0.15) is 0 Å². The third kappa shape index (κ3) is 4.24. The molecule has 4 heteroatoms. The minimum atomic E-state index is -0.268. The van der Waals surface area contributed by atoms with Gasteiger partial charge < -0.3 is 14.8 Å². The second kappa shape index (κ2) is 7.14. The van der Waals surface area contributed by atoms with Gasteiger partial charge in [0.05, 0.1) is 12.2 Å². The molecule has 0 spiro atoms. The van der Waals surface area contributed by atoms with Crippen molar-refractivity contribution in [3.05, 3.63) is 29.8 Å². The maximum atomic E-state index is 11.7. The van der Waals surface area contributed by atoms with Crippen LogP contribution < -0.4 is 5.32 Å². The molecule has 1 heterocycles. The second-order valence-electron chi connectivity index (χ2n) is 4.69. The Hall–Kier alpha value is -1.55. The molecule has 0 aliphatic carbocycles. The molecule has 1 unspecified atom stereocenters. The number of esters is 1. The highest BCUT2D eigenvalue weighted by atomic mass is 16.5. The van der Waals surface area contributed by atoms with Crippen LogP contribution in [0.2, 0.25) is 0 Å². The van der Waals surface area contributed by atoms with Gasteiger partial charge in [-0.2, -0.15) is 0 Å². The van der Waals surface area contributed by atoms with E-state index in [0.29, 0.717) is 18.2 Å². The lowest BCUT2D eigenvalue weighted by atomic mass is 10.1. The van der Waals surface area contributed by atoms with Gasteiger partial charge in [-0.05, 0) is 44.4 Å². The number of carbonyl (C=O) groups excluding carboxylic acids is 1.